The zero-order valence-electron chi connectivity index (χ0n) is 7.30. The van der Waals surface area contributed by atoms with Crippen molar-refractivity contribution in [2.75, 3.05) is 6.54 Å². The Morgan fingerprint density at radius 2 is 1.73 bits per heavy atom. The molecule has 0 fully saturated rings. The minimum absolute atomic E-state index is 0. The largest absolute Gasteiger partial charge is 0.422 e. The molecule has 0 aliphatic carbocycles. The molecule has 0 aliphatic heterocycles. The molecule has 1 rings (SSSR count). The molecule has 0 saturated heterocycles. The van der Waals surface area contributed by atoms with Crippen molar-refractivity contribution >= 4 is 57.8 Å². The van der Waals surface area contributed by atoms with Crippen LogP contribution in [0.15, 0.2) is 12.1 Å². The summed E-state index contributed by atoms with van der Waals surface area (Å²) in [7, 11) is 0. The van der Waals surface area contributed by atoms with E-state index >= 15 is 0 Å². The SMILES string of the molecule is Br.NCC(=O)Oc1c(Cl)cc(Cl)cc1Cl. The molecule has 0 aliphatic rings. The maximum Gasteiger partial charge on any atom is 0.325 e. The summed E-state index contributed by atoms with van der Waals surface area (Å²) in [6.45, 7) is -0.241. The summed E-state index contributed by atoms with van der Waals surface area (Å²) in [6.07, 6.45) is 0. The van der Waals surface area contributed by atoms with E-state index in [0.29, 0.717) is 5.02 Å². The molecule has 2 N–H and O–H groups in total. The van der Waals surface area contributed by atoms with E-state index in [1.807, 2.05) is 0 Å². The molecule has 0 saturated carbocycles. The number of carbonyl (C=O) groups excluding carboxylic acids is 1. The second kappa shape index (κ2) is 6.55. The fraction of sp³-hybridized carbons (Fsp3) is 0.125. The molecule has 3 nitrogen and oxygen atoms in total. The maximum atomic E-state index is 10.9. The Hall–Kier alpha value is -0.000000000000000111. The van der Waals surface area contributed by atoms with Gasteiger partial charge in [0.1, 0.15) is 0 Å². The molecule has 0 aromatic heterocycles. The molecule has 1 aromatic carbocycles. The maximum absolute atomic E-state index is 10.9. The Morgan fingerprint density at radius 3 is 2.13 bits per heavy atom. The summed E-state index contributed by atoms with van der Waals surface area (Å²) in [5.74, 6) is -0.538. The van der Waals surface area contributed by atoms with E-state index in [-0.39, 0.29) is 39.3 Å². The van der Waals surface area contributed by atoms with Gasteiger partial charge in [-0.15, -0.1) is 17.0 Å². The van der Waals surface area contributed by atoms with Gasteiger partial charge in [-0.25, -0.2) is 0 Å². The monoisotopic (exact) mass is 333 g/mol. The number of nitrogens with two attached hydrogens (primary N) is 1. The van der Waals surface area contributed by atoms with E-state index in [4.69, 9.17) is 45.3 Å². The van der Waals surface area contributed by atoms with Crippen molar-refractivity contribution < 1.29 is 9.53 Å². The normalized spacial score (nSPS) is 9.33. The fourth-order valence-corrected chi connectivity index (χ4v) is 1.68. The molecule has 15 heavy (non-hydrogen) atoms. The lowest BCUT2D eigenvalue weighted by atomic mass is 10.3. The van der Waals surface area contributed by atoms with Gasteiger partial charge in [0.15, 0.2) is 5.75 Å². The van der Waals surface area contributed by atoms with Crippen LogP contribution in [-0.4, -0.2) is 12.5 Å². The van der Waals surface area contributed by atoms with Crippen LogP contribution in [0, 0.1) is 0 Å². The summed E-state index contributed by atoms with van der Waals surface area (Å²) in [5.41, 5.74) is 5.06. The molecule has 0 heterocycles. The van der Waals surface area contributed by atoms with Crippen LogP contribution in [0.5, 0.6) is 5.75 Å². The van der Waals surface area contributed by atoms with Gasteiger partial charge >= 0.3 is 5.97 Å². The highest BCUT2D eigenvalue weighted by Crippen LogP contribution is 2.35. The first-order valence-electron chi connectivity index (χ1n) is 3.60. The number of ether oxygens (including phenoxy) is 1. The molecule has 7 heteroatoms. The standard InChI is InChI=1S/C8H6Cl3NO2.BrH/c9-4-1-5(10)8(6(11)2-4)14-7(13)3-12;/h1-2H,3,12H2;1H. The molecule has 0 atom stereocenters. The summed E-state index contributed by atoms with van der Waals surface area (Å²) in [4.78, 5) is 10.9. The Bertz CT molecular complexity index is 350. The minimum atomic E-state index is -0.615. The van der Waals surface area contributed by atoms with Crippen molar-refractivity contribution in [2.45, 2.75) is 0 Å². The van der Waals surface area contributed by atoms with Crippen LogP contribution in [0.2, 0.25) is 15.1 Å². The average Bonchev–Trinajstić information content (AvgIpc) is 2.10. The Balaban J connectivity index is 0.00000196. The van der Waals surface area contributed by atoms with Crippen molar-refractivity contribution in [2.24, 2.45) is 5.73 Å². The molecule has 0 unspecified atom stereocenters. The highest BCUT2D eigenvalue weighted by Gasteiger charge is 2.12. The van der Waals surface area contributed by atoms with Gasteiger partial charge in [-0.3, -0.25) is 4.79 Å². The van der Waals surface area contributed by atoms with Crippen LogP contribution in [-0.2, 0) is 4.79 Å². The Labute approximate surface area is 112 Å². The van der Waals surface area contributed by atoms with Gasteiger partial charge in [0, 0.05) is 5.02 Å². The Morgan fingerprint density at radius 1 is 1.27 bits per heavy atom. The molecule has 0 spiro atoms. The van der Waals surface area contributed by atoms with Crippen LogP contribution in [0.3, 0.4) is 0 Å². The van der Waals surface area contributed by atoms with E-state index in [0.717, 1.165) is 0 Å². The molecule has 84 valence electrons. The number of esters is 1. The number of benzene rings is 1. The number of halogens is 4. The molecule has 1 aromatic rings. The van der Waals surface area contributed by atoms with Crippen molar-refractivity contribution in [3.63, 3.8) is 0 Å². The fourth-order valence-electron chi connectivity index (χ4n) is 0.782. The van der Waals surface area contributed by atoms with Crippen molar-refractivity contribution in [1.82, 2.24) is 0 Å². The van der Waals surface area contributed by atoms with E-state index in [1.165, 1.54) is 12.1 Å². The van der Waals surface area contributed by atoms with Crippen LogP contribution < -0.4 is 10.5 Å². The van der Waals surface area contributed by atoms with E-state index < -0.39 is 5.97 Å². The summed E-state index contributed by atoms with van der Waals surface area (Å²) >= 11 is 17.2. The lowest BCUT2D eigenvalue weighted by Crippen LogP contribution is -2.19. The van der Waals surface area contributed by atoms with Gasteiger partial charge in [0.2, 0.25) is 0 Å². The first kappa shape index (κ1) is 15.0. The quantitative estimate of drug-likeness (QED) is 0.667. The molecule has 0 amide bonds. The van der Waals surface area contributed by atoms with Gasteiger partial charge in [-0.05, 0) is 12.1 Å². The lowest BCUT2D eigenvalue weighted by Gasteiger charge is -2.07. The smallest absolute Gasteiger partial charge is 0.325 e. The molecule has 0 bridgehead atoms. The van der Waals surface area contributed by atoms with Crippen molar-refractivity contribution in [1.29, 1.82) is 0 Å². The topological polar surface area (TPSA) is 52.3 Å². The number of hydrogen-bond acceptors (Lipinski definition) is 3. The van der Waals surface area contributed by atoms with Crippen LogP contribution in [0.4, 0.5) is 0 Å². The second-order valence-corrected chi connectivity index (χ2v) is 3.63. The van der Waals surface area contributed by atoms with E-state index in [1.54, 1.807) is 0 Å². The number of rotatable bonds is 2. The van der Waals surface area contributed by atoms with Crippen LogP contribution in [0.1, 0.15) is 0 Å². The zero-order chi connectivity index (χ0) is 10.7. The van der Waals surface area contributed by atoms with Crippen molar-refractivity contribution in [3.8, 4) is 5.75 Å². The van der Waals surface area contributed by atoms with Crippen LogP contribution in [0.25, 0.3) is 0 Å². The van der Waals surface area contributed by atoms with Gasteiger partial charge in [-0.2, -0.15) is 0 Å². The van der Waals surface area contributed by atoms with E-state index in [2.05, 4.69) is 0 Å². The molecule has 0 radical (unpaired) electrons. The number of carbonyl (C=O) groups is 1. The third-order valence-corrected chi connectivity index (χ3v) is 2.13. The zero-order valence-corrected chi connectivity index (χ0v) is 11.3. The summed E-state index contributed by atoms with van der Waals surface area (Å²) < 4.78 is 4.79. The molecular weight excluding hydrogens is 328 g/mol. The summed E-state index contributed by atoms with van der Waals surface area (Å²) in [6, 6.07) is 2.85. The van der Waals surface area contributed by atoms with E-state index in [9.17, 15) is 4.79 Å². The Kier molecular flexibility index (Phi) is 6.55. The minimum Gasteiger partial charge on any atom is -0.422 e. The van der Waals surface area contributed by atoms with Gasteiger partial charge in [0.05, 0.1) is 16.6 Å². The van der Waals surface area contributed by atoms with Gasteiger partial charge < -0.3 is 10.5 Å². The third kappa shape index (κ3) is 4.17. The lowest BCUT2D eigenvalue weighted by molar-refractivity contribution is -0.132. The number of hydrogen-bond donors (Lipinski definition) is 1. The second-order valence-electron chi connectivity index (χ2n) is 2.38. The van der Waals surface area contributed by atoms with Gasteiger partial charge in [0.25, 0.3) is 0 Å². The summed E-state index contributed by atoms with van der Waals surface area (Å²) in [5, 5.41) is 0.709. The highest BCUT2D eigenvalue weighted by atomic mass is 79.9. The van der Waals surface area contributed by atoms with Crippen molar-refractivity contribution in [3.05, 3.63) is 27.2 Å². The molecular formula is C8H7BrCl3NO2. The average molecular weight is 335 g/mol. The van der Waals surface area contributed by atoms with Gasteiger partial charge in [-0.1, -0.05) is 34.8 Å². The first-order chi connectivity index (χ1) is 6.54. The highest BCUT2D eigenvalue weighted by molar-refractivity contribution is 8.93. The third-order valence-electron chi connectivity index (χ3n) is 1.35. The first-order valence-corrected chi connectivity index (χ1v) is 4.73. The predicted molar refractivity (Wildman–Crippen MR) is 66.5 cm³/mol. The van der Waals surface area contributed by atoms with Crippen LogP contribution >= 0.6 is 51.8 Å². The predicted octanol–water partition coefficient (Wildman–Crippen LogP) is 3.09.